The highest BCUT2D eigenvalue weighted by Crippen LogP contribution is 2.38. The fourth-order valence-electron chi connectivity index (χ4n) is 4.39. The second-order valence-corrected chi connectivity index (χ2v) is 7.89. The predicted octanol–water partition coefficient (Wildman–Crippen LogP) is 3.13. The molecule has 5 heterocycles. The van der Waals surface area contributed by atoms with Gasteiger partial charge in [0.15, 0.2) is 5.69 Å². The lowest BCUT2D eigenvalue weighted by molar-refractivity contribution is 0.0531. The van der Waals surface area contributed by atoms with Crippen LogP contribution in [0.4, 0.5) is 0 Å². The van der Waals surface area contributed by atoms with E-state index in [0.717, 1.165) is 28.6 Å². The molecular weight excluding hydrogens is 332 g/mol. The molecule has 1 amide bonds. The molecule has 3 fully saturated rings. The molecule has 2 aromatic heterocycles. The highest BCUT2D eigenvalue weighted by Gasteiger charge is 2.36. The Labute approximate surface area is 150 Å². The van der Waals surface area contributed by atoms with Gasteiger partial charge in [0.25, 0.3) is 5.91 Å². The summed E-state index contributed by atoms with van der Waals surface area (Å²) in [5, 5.41) is 9.71. The Morgan fingerprint density at radius 2 is 2.04 bits per heavy atom. The number of nitrogens with zero attached hydrogens (tertiary/aromatic N) is 3. The van der Waals surface area contributed by atoms with Crippen molar-refractivity contribution in [3.63, 3.8) is 0 Å². The molecule has 128 valence electrons. The SMILES string of the molecule is NC(=O)c1nn([C@@H]2CN3CCC2CC3)c2ccc(-c3ccsc3)cc12. The minimum Gasteiger partial charge on any atom is -0.364 e. The van der Waals surface area contributed by atoms with E-state index in [1.54, 1.807) is 11.3 Å². The van der Waals surface area contributed by atoms with E-state index in [0.29, 0.717) is 17.7 Å². The lowest BCUT2D eigenvalue weighted by Crippen LogP contribution is -2.48. The van der Waals surface area contributed by atoms with Gasteiger partial charge in [-0.1, -0.05) is 6.07 Å². The summed E-state index contributed by atoms with van der Waals surface area (Å²) in [4.78, 5) is 14.5. The first-order valence-corrected chi connectivity index (χ1v) is 9.72. The standard InChI is InChI=1S/C19H20N4OS/c20-19(24)18-15-9-13(14-5-8-25-11-14)1-2-16(15)23(21-18)17-10-22-6-3-12(17)4-7-22/h1-2,5,8-9,11-12,17H,3-4,6-7,10H2,(H2,20,24)/t17-/m1/s1. The average Bonchev–Trinajstić information content (AvgIpc) is 3.30. The van der Waals surface area contributed by atoms with Crippen LogP contribution in [0.3, 0.4) is 0 Å². The van der Waals surface area contributed by atoms with Gasteiger partial charge in [-0.3, -0.25) is 9.48 Å². The summed E-state index contributed by atoms with van der Waals surface area (Å²) < 4.78 is 2.07. The summed E-state index contributed by atoms with van der Waals surface area (Å²) in [6.07, 6.45) is 2.43. The van der Waals surface area contributed by atoms with E-state index in [2.05, 4.69) is 49.7 Å². The van der Waals surface area contributed by atoms with Gasteiger partial charge >= 0.3 is 0 Å². The van der Waals surface area contributed by atoms with E-state index in [1.807, 2.05) is 0 Å². The molecule has 3 aromatic rings. The summed E-state index contributed by atoms with van der Waals surface area (Å²) in [6, 6.07) is 8.70. The van der Waals surface area contributed by atoms with Crippen molar-refractivity contribution < 1.29 is 4.79 Å². The van der Waals surface area contributed by atoms with Crippen molar-refractivity contribution in [1.29, 1.82) is 0 Å². The van der Waals surface area contributed by atoms with Crippen molar-refractivity contribution in [2.75, 3.05) is 19.6 Å². The molecule has 1 atom stereocenters. The first-order valence-electron chi connectivity index (χ1n) is 8.78. The van der Waals surface area contributed by atoms with Gasteiger partial charge in [-0.05, 0) is 71.9 Å². The summed E-state index contributed by atoms with van der Waals surface area (Å²) in [5.74, 6) is 0.192. The molecule has 2 bridgehead atoms. The minimum atomic E-state index is -0.451. The minimum absolute atomic E-state index is 0.338. The third-order valence-corrected chi connectivity index (χ3v) is 6.41. The Bertz CT molecular complexity index is 938. The van der Waals surface area contributed by atoms with Crippen LogP contribution >= 0.6 is 11.3 Å². The maximum absolute atomic E-state index is 12.0. The van der Waals surface area contributed by atoms with Crippen molar-refractivity contribution in [2.24, 2.45) is 11.7 Å². The summed E-state index contributed by atoms with van der Waals surface area (Å²) >= 11 is 1.67. The molecule has 0 spiro atoms. The number of nitrogens with two attached hydrogens (primary N) is 1. The zero-order valence-corrected chi connectivity index (χ0v) is 14.7. The fourth-order valence-corrected chi connectivity index (χ4v) is 5.06. The van der Waals surface area contributed by atoms with Gasteiger partial charge < -0.3 is 10.6 Å². The normalized spacial score (nSPS) is 25.5. The number of rotatable bonds is 3. The third kappa shape index (κ3) is 2.40. The van der Waals surface area contributed by atoms with Crippen LogP contribution < -0.4 is 5.73 Å². The van der Waals surface area contributed by atoms with Crippen LogP contribution in [-0.2, 0) is 0 Å². The smallest absolute Gasteiger partial charge is 0.269 e. The molecule has 0 aliphatic carbocycles. The van der Waals surface area contributed by atoms with Crippen molar-refractivity contribution in [2.45, 2.75) is 18.9 Å². The monoisotopic (exact) mass is 352 g/mol. The summed E-state index contributed by atoms with van der Waals surface area (Å²) in [6.45, 7) is 3.39. The van der Waals surface area contributed by atoms with E-state index in [9.17, 15) is 4.79 Å². The molecule has 3 aliphatic rings. The Morgan fingerprint density at radius 3 is 2.68 bits per heavy atom. The Balaban J connectivity index is 1.66. The maximum Gasteiger partial charge on any atom is 0.269 e. The van der Waals surface area contributed by atoms with Crippen LogP contribution in [-0.4, -0.2) is 40.2 Å². The van der Waals surface area contributed by atoms with E-state index in [1.165, 1.54) is 25.9 Å². The largest absolute Gasteiger partial charge is 0.364 e. The topological polar surface area (TPSA) is 64.2 Å². The van der Waals surface area contributed by atoms with Gasteiger partial charge in [0.05, 0.1) is 11.6 Å². The van der Waals surface area contributed by atoms with Crippen LogP contribution in [0.2, 0.25) is 0 Å². The summed E-state index contributed by atoms with van der Waals surface area (Å²) in [5.41, 5.74) is 9.32. The number of primary amides is 1. The number of aromatic nitrogens is 2. The van der Waals surface area contributed by atoms with Crippen LogP contribution in [0.5, 0.6) is 0 Å². The van der Waals surface area contributed by atoms with Crippen molar-refractivity contribution in [3.8, 4) is 11.1 Å². The lowest BCUT2D eigenvalue weighted by atomic mass is 9.84. The van der Waals surface area contributed by atoms with Gasteiger partial charge in [0.2, 0.25) is 0 Å². The highest BCUT2D eigenvalue weighted by molar-refractivity contribution is 7.08. The summed E-state index contributed by atoms with van der Waals surface area (Å²) in [7, 11) is 0. The average molecular weight is 352 g/mol. The molecular formula is C19H20N4OS. The lowest BCUT2D eigenvalue weighted by Gasteiger charge is -2.44. The number of carbonyl (C=O) groups is 1. The number of carbonyl (C=O) groups excluding carboxylic acids is 1. The van der Waals surface area contributed by atoms with Gasteiger partial charge in [-0.15, -0.1) is 0 Å². The molecule has 1 aromatic carbocycles. The van der Waals surface area contributed by atoms with E-state index in [-0.39, 0.29) is 0 Å². The van der Waals surface area contributed by atoms with E-state index in [4.69, 9.17) is 5.73 Å². The van der Waals surface area contributed by atoms with Gasteiger partial charge in [-0.2, -0.15) is 16.4 Å². The molecule has 2 N–H and O–H groups in total. The third-order valence-electron chi connectivity index (χ3n) is 5.73. The molecule has 3 aliphatic heterocycles. The Morgan fingerprint density at radius 1 is 1.20 bits per heavy atom. The van der Waals surface area contributed by atoms with Crippen LogP contribution in [0.25, 0.3) is 22.0 Å². The van der Waals surface area contributed by atoms with Gasteiger partial charge in [-0.25, -0.2) is 0 Å². The number of amides is 1. The first-order chi connectivity index (χ1) is 12.2. The maximum atomic E-state index is 12.0. The van der Waals surface area contributed by atoms with Crippen LogP contribution in [0.15, 0.2) is 35.0 Å². The second kappa shape index (κ2) is 5.68. The van der Waals surface area contributed by atoms with Gasteiger partial charge in [0.1, 0.15) is 0 Å². The molecule has 5 nitrogen and oxygen atoms in total. The molecule has 0 radical (unpaired) electrons. The zero-order valence-electron chi connectivity index (χ0n) is 13.9. The van der Waals surface area contributed by atoms with Crippen molar-refractivity contribution in [1.82, 2.24) is 14.7 Å². The van der Waals surface area contributed by atoms with Crippen LogP contribution in [0.1, 0.15) is 29.4 Å². The van der Waals surface area contributed by atoms with Crippen molar-refractivity contribution in [3.05, 3.63) is 40.7 Å². The van der Waals surface area contributed by atoms with Gasteiger partial charge in [0, 0.05) is 11.9 Å². The Kier molecular flexibility index (Phi) is 3.43. The predicted molar refractivity (Wildman–Crippen MR) is 99.8 cm³/mol. The number of hydrogen-bond acceptors (Lipinski definition) is 4. The number of piperidine rings is 3. The number of fused-ring (bicyclic) bond motifs is 4. The number of thiophene rings is 1. The highest BCUT2D eigenvalue weighted by atomic mass is 32.1. The molecule has 3 saturated heterocycles. The first kappa shape index (κ1) is 15.1. The molecule has 25 heavy (non-hydrogen) atoms. The van der Waals surface area contributed by atoms with E-state index < -0.39 is 5.91 Å². The quantitative estimate of drug-likeness (QED) is 0.788. The van der Waals surface area contributed by atoms with E-state index >= 15 is 0 Å². The zero-order chi connectivity index (χ0) is 17.0. The second-order valence-electron chi connectivity index (χ2n) is 7.11. The molecule has 6 rings (SSSR count). The van der Waals surface area contributed by atoms with Crippen LogP contribution in [0, 0.1) is 5.92 Å². The molecule has 0 unspecified atom stereocenters. The van der Waals surface area contributed by atoms with Crippen molar-refractivity contribution >= 4 is 28.1 Å². The fraction of sp³-hybridized carbons (Fsp3) is 0.368. The molecule has 0 saturated carbocycles. The number of benzene rings is 1. The number of hydrogen-bond donors (Lipinski definition) is 1. The molecule has 6 heteroatoms. The Hall–Kier alpha value is -2.18.